The second-order valence-electron chi connectivity index (χ2n) is 5.58. The van der Waals surface area contributed by atoms with Gasteiger partial charge in [0.15, 0.2) is 0 Å². The summed E-state index contributed by atoms with van der Waals surface area (Å²) in [5.41, 5.74) is 2.02. The van der Waals surface area contributed by atoms with E-state index >= 15 is 0 Å². The maximum Gasteiger partial charge on any atom is 0.236 e. The number of likely N-dealkylation sites (tertiary alicyclic amines) is 1. The number of likely N-dealkylation sites (N-methyl/N-ethyl adjacent to an activating group) is 1. The van der Waals surface area contributed by atoms with E-state index in [4.69, 9.17) is 0 Å². The summed E-state index contributed by atoms with van der Waals surface area (Å²) in [4.78, 5) is 20.3. The van der Waals surface area contributed by atoms with Gasteiger partial charge >= 0.3 is 0 Å². The van der Waals surface area contributed by atoms with Crippen molar-refractivity contribution >= 4 is 5.91 Å². The monoisotopic (exact) mass is 277 g/mol. The third kappa shape index (κ3) is 4.28. The number of carbonyl (C=O) groups is 1. The van der Waals surface area contributed by atoms with Gasteiger partial charge in [0.1, 0.15) is 0 Å². The van der Waals surface area contributed by atoms with E-state index in [1.807, 2.05) is 32.3 Å². The fourth-order valence-electron chi connectivity index (χ4n) is 2.31. The fraction of sp³-hybridized carbons (Fsp3) is 0.600. The van der Waals surface area contributed by atoms with Crippen LogP contribution in [0.15, 0.2) is 18.3 Å². The van der Waals surface area contributed by atoms with E-state index in [0.717, 1.165) is 37.2 Å². The highest BCUT2D eigenvalue weighted by molar-refractivity contribution is 5.77. The maximum atomic E-state index is 12.2. The lowest BCUT2D eigenvalue weighted by Gasteiger charge is -2.30. The number of aromatic nitrogens is 1. The summed E-state index contributed by atoms with van der Waals surface area (Å²) in [6.45, 7) is 4.55. The zero-order valence-corrected chi connectivity index (χ0v) is 12.2. The van der Waals surface area contributed by atoms with Crippen LogP contribution in [0.1, 0.15) is 24.1 Å². The first-order chi connectivity index (χ1) is 9.54. The standard InChI is InChI=1S/C15H23N3O2/c1-12-3-4-13(16-9-12)10-17(2)15(20)11-18-7-5-14(19)6-8-18/h3-4,9,14,19H,5-8,10-11H2,1-2H3. The number of rotatable bonds is 4. The van der Waals surface area contributed by atoms with E-state index in [1.165, 1.54) is 0 Å². The number of hydrogen-bond donors (Lipinski definition) is 1. The molecule has 0 spiro atoms. The van der Waals surface area contributed by atoms with Crippen molar-refractivity contribution in [3.63, 3.8) is 0 Å². The molecule has 20 heavy (non-hydrogen) atoms. The summed E-state index contributed by atoms with van der Waals surface area (Å²) in [6.07, 6.45) is 3.14. The number of pyridine rings is 1. The molecule has 1 amide bonds. The van der Waals surface area contributed by atoms with Crippen LogP contribution >= 0.6 is 0 Å². The molecule has 1 N–H and O–H groups in total. The lowest BCUT2D eigenvalue weighted by atomic mass is 10.1. The quantitative estimate of drug-likeness (QED) is 0.884. The molecule has 0 radical (unpaired) electrons. The molecule has 0 aliphatic carbocycles. The Labute approximate surface area is 120 Å². The number of nitrogens with zero attached hydrogens (tertiary/aromatic N) is 3. The molecule has 1 saturated heterocycles. The Hall–Kier alpha value is -1.46. The molecule has 1 aromatic heterocycles. The number of piperidine rings is 1. The Kier molecular flexibility index (Phi) is 5.09. The molecule has 2 rings (SSSR count). The van der Waals surface area contributed by atoms with Gasteiger partial charge in [-0.15, -0.1) is 0 Å². The van der Waals surface area contributed by atoms with Crippen LogP contribution in [0.3, 0.4) is 0 Å². The summed E-state index contributed by atoms with van der Waals surface area (Å²) in [5.74, 6) is 0.101. The number of aryl methyl sites for hydroxylation is 1. The van der Waals surface area contributed by atoms with Gasteiger partial charge in [-0.05, 0) is 31.4 Å². The largest absolute Gasteiger partial charge is 0.393 e. The number of aliphatic hydroxyl groups is 1. The van der Waals surface area contributed by atoms with Crippen molar-refractivity contribution in [2.45, 2.75) is 32.4 Å². The van der Waals surface area contributed by atoms with Crippen molar-refractivity contribution in [3.05, 3.63) is 29.6 Å². The van der Waals surface area contributed by atoms with Crippen molar-refractivity contribution in [3.8, 4) is 0 Å². The Morgan fingerprint density at radius 1 is 1.45 bits per heavy atom. The molecule has 5 heteroatoms. The molecule has 0 bridgehead atoms. The molecule has 1 aromatic rings. The highest BCUT2D eigenvalue weighted by Gasteiger charge is 2.20. The molecule has 0 atom stereocenters. The summed E-state index contributed by atoms with van der Waals surface area (Å²) in [6, 6.07) is 3.96. The molecule has 1 aliphatic rings. The first-order valence-corrected chi connectivity index (χ1v) is 7.10. The molecular weight excluding hydrogens is 254 g/mol. The average Bonchev–Trinajstić information content (AvgIpc) is 2.44. The van der Waals surface area contributed by atoms with E-state index in [2.05, 4.69) is 9.88 Å². The van der Waals surface area contributed by atoms with E-state index in [-0.39, 0.29) is 12.0 Å². The van der Waals surface area contributed by atoms with Gasteiger partial charge in [0.25, 0.3) is 0 Å². The lowest BCUT2D eigenvalue weighted by molar-refractivity contribution is -0.132. The number of carbonyl (C=O) groups excluding carboxylic acids is 1. The summed E-state index contributed by atoms with van der Waals surface area (Å²) in [7, 11) is 1.81. The Morgan fingerprint density at radius 2 is 2.15 bits per heavy atom. The predicted molar refractivity (Wildman–Crippen MR) is 77.1 cm³/mol. The number of hydrogen-bond acceptors (Lipinski definition) is 4. The van der Waals surface area contributed by atoms with Gasteiger partial charge in [-0.2, -0.15) is 0 Å². The summed E-state index contributed by atoms with van der Waals surface area (Å²) < 4.78 is 0. The van der Waals surface area contributed by atoms with Crippen LogP contribution in [0, 0.1) is 6.92 Å². The van der Waals surface area contributed by atoms with Gasteiger partial charge in [0.05, 0.1) is 24.9 Å². The van der Waals surface area contributed by atoms with Crippen LogP contribution in [0.25, 0.3) is 0 Å². The molecule has 0 aromatic carbocycles. The Bertz CT molecular complexity index is 439. The molecule has 2 heterocycles. The van der Waals surface area contributed by atoms with Gasteiger partial charge in [0, 0.05) is 26.3 Å². The van der Waals surface area contributed by atoms with E-state index in [1.54, 1.807) is 4.90 Å². The van der Waals surface area contributed by atoms with Crippen molar-refractivity contribution in [2.24, 2.45) is 0 Å². The predicted octanol–water partition coefficient (Wildman–Crippen LogP) is 0.805. The molecular formula is C15H23N3O2. The van der Waals surface area contributed by atoms with Crippen LogP contribution < -0.4 is 0 Å². The minimum absolute atomic E-state index is 0.101. The maximum absolute atomic E-state index is 12.2. The van der Waals surface area contributed by atoms with Gasteiger partial charge in [-0.1, -0.05) is 6.07 Å². The average molecular weight is 277 g/mol. The van der Waals surface area contributed by atoms with Crippen LogP contribution in [-0.2, 0) is 11.3 Å². The van der Waals surface area contributed by atoms with Crippen molar-refractivity contribution in [1.82, 2.24) is 14.8 Å². The molecule has 5 nitrogen and oxygen atoms in total. The second kappa shape index (κ2) is 6.81. The van der Waals surface area contributed by atoms with Gasteiger partial charge in [-0.25, -0.2) is 0 Å². The van der Waals surface area contributed by atoms with Gasteiger partial charge in [0.2, 0.25) is 5.91 Å². The minimum Gasteiger partial charge on any atom is -0.393 e. The summed E-state index contributed by atoms with van der Waals surface area (Å²) in [5, 5.41) is 9.46. The molecule has 0 unspecified atom stereocenters. The fourth-order valence-corrected chi connectivity index (χ4v) is 2.31. The van der Waals surface area contributed by atoms with Crippen molar-refractivity contribution < 1.29 is 9.90 Å². The van der Waals surface area contributed by atoms with Gasteiger partial charge in [-0.3, -0.25) is 14.7 Å². The zero-order chi connectivity index (χ0) is 14.5. The second-order valence-corrected chi connectivity index (χ2v) is 5.58. The zero-order valence-electron chi connectivity index (χ0n) is 12.2. The van der Waals surface area contributed by atoms with E-state index in [9.17, 15) is 9.90 Å². The van der Waals surface area contributed by atoms with Crippen LogP contribution in [-0.4, -0.2) is 58.6 Å². The smallest absolute Gasteiger partial charge is 0.236 e. The Balaban J connectivity index is 1.81. The number of aliphatic hydroxyl groups excluding tert-OH is 1. The topological polar surface area (TPSA) is 56.7 Å². The first kappa shape index (κ1) is 14.9. The normalized spacial score (nSPS) is 17.1. The molecule has 1 aliphatic heterocycles. The van der Waals surface area contributed by atoms with Crippen molar-refractivity contribution in [1.29, 1.82) is 0 Å². The molecule has 0 saturated carbocycles. The minimum atomic E-state index is -0.198. The number of amides is 1. The van der Waals surface area contributed by atoms with E-state index < -0.39 is 0 Å². The Morgan fingerprint density at radius 3 is 2.75 bits per heavy atom. The third-order valence-corrected chi connectivity index (χ3v) is 3.71. The third-order valence-electron chi connectivity index (χ3n) is 3.71. The van der Waals surface area contributed by atoms with Crippen LogP contribution in [0.5, 0.6) is 0 Å². The summed E-state index contributed by atoms with van der Waals surface area (Å²) >= 11 is 0. The van der Waals surface area contributed by atoms with Crippen LogP contribution in [0.2, 0.25) is 0 Å². The van der Waals surface area contributed by atoms with Crippen molar-refractivity contribution in [2.75, 3.05) is 26.7 Å². The molecule has 110 valence electrons. The highest BCUT2D eigenvalue weighted by atomic mass is 16.3. The SMILES string of the molecule is Cc1ccc(CN(C)C(=O)CN2CCC(O)CC2)nc1. The van der Waals surface area contributed by atoms with Crippen LogP contribution in [0.4, 0.5) is 0 Å². The first-order valence-electron chi connectivity index (χ1n) is 7.10. The molecule has 1 fully saturated rings. The lowest BCUT2D eigenvalue weighted by Crippen LogP contribution is -2.43. The van der Waals surface area contributed by atoms with E-state index in [0.29, 0.717) is 13.1 Å². The van der Waals surface area contributed by atoms with Gasteiger partial charge < -0.3 is 10.0 Å². The highest BCUT2D eigenvalue weighted by Crippen LogP contribution is 2.10.